The van der Waals surface area contributed by atoms with Crippen molar-refractivity contribution >= 4 is 17.8 Å². The second kappa shape index (κ2) is 5.65. The number of aromatic nitrogens is 1. The standard InChI is InChI=1S/C16H14N4O4/c1-16(12-7-3-2-4-8-12)14(22)20(15(23)17-16)18-13(21)11-6-5-9-19(24)10-11/h2-10H,1H3,(H,17,23)(H,18,21). The van der Waals surface area contributed by atoms with E-state index in [-0.39, 0.29) is 5.56 Å². The molecule has 3 rings (SSSR count). The number of nitrogens with one attached hydrogen (secondary N) is 2. The lowest BCUT2D eigenvalue weighted by atomic mass is 9.92. The summed E-state index contributed by atoms with van der Waals surface area (Å²) in [7, 11) is 0. The van der Waals surface area contributed by atoms with Crippen LogP contribution in [0.4, 0.5) is 4.79 Å². The summed E-state index contributed by atoms with van der Waals surface area (Å²) in [6, 6.07) is 10.8. The van der Waals surface area contributed by atoms with Gasteiger partial charge in [0.1, 0.15) is 11.1 Å². The van der Waals surface area contributed by atoms with Crippen molar-refractivity contribution in [2.24, 2.45) is 0 Å². The number of imide groups is 1. The molecule has 1 aliphatic rings. The maximum atomic E-state index is 12.6. The van der Waals surface area contributed by atoms with Crippen LogP contribution < -0.4 is 15.5 Å². The zero-order valence-corrected chi connectivity index (χ0v) is 12.7. The quantitative estimate of drug-likeness (QED) is 0.485. The first-order valence-electron chi connectivity index (χ1n) is 7.14. The minimum atomic E-state index is -1.28. The number of hydrogen-bond donors (Lipinski definition) is 2. The van der Waals surface area contributed by atoms with Crippen molar-refractivity contribution in [1.82, 2.24) is 15.8 Å². The van der Waals surface area contributed by atoms with Crippen LogP contribution in [0.1, 0.15) is 22.8 Å². The first-order chi connectivity index (χ1) is 11.4. The van der Waals surface area contributed by atoms with Gasteiger partial charge in [-0.05, 0) is 18.6 Å². The van der Waals surface area contributed by atoms with Gasteiger partial charge in [-0.3, -0.25) is 15.0 Å². The number of carbonyl (C=O) groups is 3. The van der Waals surface area contributed by atoms with E-state index in [4.69, 9.17) is 0 Å². The molecule has 1 atom stereocenters. The van der Waals surface area contributed by atoms with E-state index in [9.17, 15) is 19.6 Å². The van der Waals surface area contributed by atoms with Gasteiger partial charge in [0.15, 0.2) is 12.4 Å². The molecule has 2 heterocycles. The van der Waals surface area contributed by atoms with E-state index in [2.05, 4.69) is 10.7 Å². The third-order valence-corrected chi connectivity index (χ3v) is 3.79. The van der Waals surface area contributed by atoms with E-state index < -0.39 is 23.4 Å². The van der Waals surface area contributed by atoms with Gasteiger partial charge in [0.05, 0.1) is 0 Å². The van der Waals surface area contributed by atoms with Crippen LogP contribution in [0.3, 0.4) is 0 Å². The molecular formula is C16H14N4O4. The summed E-state index contributed by atoms with van der Waals surface area (Å²) >= 11 is 0. The molecule has 1 saturated heterocycles. The lowest BCUT2D eigenvalue weighted by Crippen LogP contribution is -2.48. The van der Waals surface area contributed by atoms with Gasteiger partial charge in [0, 0.05) is 6.07 Å². The lowest BCUT2D eigenvalue weighted by Gasteiger charge is -2.22. The van der Waals surface area contributed by atoms with Gasteiger partial charge in [-0.25, -0.2) is 4.79 Å². The number of hydrazine groups is 1. The largest absolute Gasteiger partial charge is 0.619 e. The van der Waals surface area contributed by atoms with Gasteiger partial charge in [-0.1, -0.05) is 30.3 Å². The van der Waals surface area contributed by atoms with E-state index in [0.717, 1.165) is 6.20 Å². The molecule has 0 radical (unpaired) electrons. The summed E-state index contributed by atoms with van der Waals surface area (Å²) < 4.78 is 0.453. The molecule has 8 nitrogen and oxygen atoms in total. The van der Waals surface area contributed by atoms with Crippen LogP contribution in [-0.4, -0.2) is 22.9 Å². The molecular weight excluding hydrogens is 312 g/mol. The Hall–Kier alpha value is -3.42. The Bertz CT molecular complexity index is 824. The molecule has 8 heteroatoms. The van der Waals surface area contributed by atoms with Crippen molar-refractivity contribution in [3.05, 3.63) is 71.2 Å². The van der Waals surface area contributed by atoms with Gasteiger partial charge in [-0.2, -0.15) is 9.74 Å². The number of rotatable bonds is 3. The van der Waals surface area contributed by atoms with Crippen molar-refractivity contribution in [3.8, 4) is 0 Å². The average molecular weight is 326 g/mol. The summed E-state index contributed by atoms with van der Waals surface area (Å²) in [6.07, 6.45) is 2.27. The number of amides is 4. The van der Waals surface area contributed by atoms with E-state index in [1.54, 1.807) is 37.3 Å². The molecule has 2 aromatic rings. The molecule has 0 aliphatic carbocycles. The van der Waals surface area contributed by atoms with E-state index in [0.29, 0.717) is 15.3 Å². The van der Waals surface area contributed by atoms with Crippen LogP contribution >= 0.6 is 0 Å². The molecule has 24 heavy (non-hydrogen) atoms. The van der Waals surface area contributed by atoms with Crippen LogP contribution in [-0.2, 0) is 10.3 Å². The molecule has 2 N–H and O–H groups in total. The fourth-order valence-electron chi connectivity index (χ4n) is 2.46. The predicted octanol–water partition coefficient (Wildman–Crippen LogP) is 0.432. The number of hydrogen-bond acceptors (Lipinski definition) is 4. The van der Waals surface area contributed by atoms with Crippen LogP contribution in [0.2, 0.25) is 0 Å². The number of pyridine rings is 1. The Labute approximate surface area is 137 Å². The SMILES string of the molecule is CC1(c2ccccc2)NC(=O)N(NC(=O)c2ccc[n+]([O-])c2)C1=O. The number of nitrogens with zero attached hydrogens (tertiary/aromatic N) is 2. The van der Waals surface area contributed by atoms with E-state index >= 15 is 0 Å². The molecule has 4 amide bonds. The monoisotopic (exact) mass is 326 g/mol. The number of carbonyl (C=O) groups excluding carboxylic acids is 3. The first-order valence-corrected chi connectivity index (χ1v) is 7.14. The van der Waals surface area contributed by atoms with Crippen molar-refractivity contribution < 1.29 is 19.1 Å². The Balaban J connectivity index is 1.84. The van der Waals surface area contributed by atoms with Crippen molar-refractivity contribution in [2.75, 3.05) is 0 Å². The molecule has 1 fully saturated rings. The fraction of sp³-hybridized carbons (Fsp3) is 0.125. The molecule has 0 spiro atoms. The minimum Gasteiger partial charge on any atom is -0.619 e. The van der Waals surface area contributed by atoms with Gasteiger partial charge in [0.2, 0.25) is 0 Å². The highest BCUT2D eigenvalue weighted by Gasteiger charge is 2.50. The Morgan fingerprint density at radius 3 is 2.58 bits per heavy atom. The van der Waals surface area contributed by atoms with Gasteiger partial charge < -0.3 is 10.5 Å². The van der Waals surface area contributed by atoms with Gasteiger partial charge in [-0.15, -0.1) is 0 Å². The van der Waals surface area contributed by atoms with Gasteiger partial charge in [0.25, 0.3) is 11.8 Å². The van der Waals surface area contributed by atoms with Crippen molar-refractivity contribution in [3.63, 3.8) is 0 Å². The van der Waals surface area contributed by atoms with Crippen LogP contribution in [0.5, 0.6) is 0 Å². The molecule has 1 aromatic carbocycles. The Kier molecular flexibility index (Phi) is 3.64. The highest BCUT2D eigenvalue weighted by molar-refractivity contribution is 6.09. The van der Waals surface area contributed by atoms with E-state index in [1.165, 1.54) is 18.3 Å². The Morgan fingerprint density at radius 2 is 1.92 bits per heavy atom. The maximum Gasteiger partial charge on any atom is 0.344 e. The third-order valence-electron chi connectivity index (χ3n) is 3.79. The van der Waals surface area contributed by atoms with Crippen molar-refractivity contribution in [2.45, 2.75) is 12.5 Å². The smallest absolute Gasteiger partial charge is 0.344 e. The zero-order valence-electron chi connectivity index (χ0n) is 12.7. The van der Waals surface area contributed by atoms with Crippen LogP contribution in [0.25, 0.3) is 0 Å². The molecule has 1 aromatic heterocycles. The summed E-state index contributed by atoms with van der Waals surface area (Å²) in [6.45, 7) is 1.56. The summed E-state index contributed by atoms with van der Waals surface area (Å²) in [4.78, 5) is 36.9. The molecule has 1 unspecified atom stereocenters. The first kappa shape index (κ1) is 15.5. The normalized spacial score (nSPS) is 20.0. The fourth-order valence-corrected chi connectivity index (χ4v) is 2.46. The maximum absolute atomic E-state index is 12.6. The van der Waals surface area contributed by atoms with Crippen LogP contribution in [0.15, 0.2) is 54.9 Å². The molecule has 0 saturated carbocycles. The molecule has 1 aliphatic heterocycles. The zero-order chi connectivity index (χ0) is 17.3. The van der Waals surface area contributed by atoms with Crippen molar-refractivity contribution in [1.29, 1.82) is 0 Å². The molecule has 0 bridgehead atoms. The third kappa shape index (κ3) is 2.54. The summed E-state index contributed by atoms with van der Waals surface area (Å²) in [5.41, 5.74) is 1.57. The minimum absolute atomic E-state index is 0.0291. The van der Waals surface area contributed by atoms with Gasteiger partial charge >= 0.3 is 6.03 Å². The number of benzene rings is 1. The topological polar surface area (TPSA) is 105 Å². The number of urea groups is 1. The highest BCUT2D eigenvalue weighted by Crippen LogP contribution is 2.27. The second-order valence-electron chi connectivity index (χ2n) is 5.46. The predicted molar refractivity (Wildman–Crippen MR) is 82.0 cm³/mol. The molecule has 122 valence electrons. The highest BCUT2D eigenvalue weighted by atomic mass is 16.5. The lowest BCUT2D eigenvalue weighted by molar-refractivity contribution is -0.605. The Morgan fingerprint density at radius 1 is 1.21 bits per heavy atom. The van der Waals surface area contributed by atoms with Crippen LogP contribution in [0, 0.1) is 5.21 Å². The average Bonchev–Trinajstić information content (AvgIpc) is 2.80. The second-order valence-corrected chi connectivity index (χ2v) is 5.46. The summed E-state index contributed by atoms with van der Waals surface area (Å²) in [5.74, 6) is -1.35. The van der Waals surface area contributed by atoms with E-state index in [1.807, 2.05) is 0 Å². The summed E-state index contributed by atoms with van der Waals surface area (Å²) in [5, 5.41) is 14.4.